The van der Waals surface area contributed by atoms with Gasteiger partial charge in [-0.3, -0.25) is 9.59 Å². The molecule has 1 aromatic carbocycles. The molecule has 146 valence electrons. The summed E-state index contributed by atoms with van der Waals surface area (Å²) >= 11 is 2.91. The number of rotatable bonds is 7. The van der Waals surface area contributed by atoms with Crippen LogP contribution in [0, 0.1) is 13.8 Å². The van der Waals surface area contributed by atoms with E-state index in [1.54, 1.807) is 11.3 Å². The second kappa shape index (κ2) is 9.16. The number of nitrogens with zero attached hydrogens (tertiary/aromatic N) is 2. The van der Waals surface area contributed by atoms with Crippen LogP contribution in [-0.2, 0) is 14.3 Å². The summed E-state index contributed by atoms with van der Waals surface area (Å²) < 4.78 is 5.10. The molecule has 28 heavy (non-hydrogen) atoms. The number of hydrogen-bond acceptors (Lipinski definition) is 7. The Morgan fingerprint density at radius 2 is 1.96 bits per heavy atom. The van der Waals surface area contributed by atoms with Gasteiger partial charge in [-0.2, -0.15) is 0 Å². The molecular formula is C20H21N3O3S2. The molecule has 0 aliphatic rings. The van der Waals surface area contributed by atoms with E-state index in [2.05, 4.69) is 15.3 Å². The van der Waals surface area contributed by atoms with Gasteiger partial charge in [0.25, 0.3) is 5.91 Å². The number of aryl methyl sites for hydroxylation is 2. The number of hydrogen-bond donors (Lipinski definition) is 1. The molecule has 1 amide bonds. The molecule has 0 fully saturated rings. The van der Waals surface area contributed by atoms with Gasteiger partial charge >= 0.3 is 5.97 Å². The topological polar surface area (TPSA) is 81.2 Å². The van der Waals surface area contributed by atoms with Crippen molar-refractivity contribution in [1.82, 2.24) is 15.3 Å². The Hall–Kier alpha value is -2.45. The van der Waals surface area contributed by atoms with Gasteiger partial charge in [-0.25, -0.2) is 9.97 Å². The van der Waals surface area contributed by atoms with Gasteiger partial charge in [0.2, 0.25) is 0 Å². The Bertz CT molecular complexity index is 989. The van der Waals surface area contributed by atoms with Crippen LogP contribution in [0.4, 0.5) is 0 Å². The second-order valence-electron chi connectivity index (χ2n) is 6.29. The lowest BCUT2D eigenvalue weighted by Gasteiger charge is -2.14. The van der Waals surface area contributed by atoms with E-state index in [4.69, 9.17) is 4.74 Å². The predicted octanol–water partition coefficient (Wildman–Crippen LogP) is 3.82. The summed E-state index contributed by atoms with van der Waals surface area (Å²) in [5.74, 6) is -0.700. The summed E-state index contributed by atoms with van der Waals surface area (Å²) in [7, 11) is 0. The van der Waals surface area contributed by atoms with Crippen molar-refractivity contribution >= 4 is 45.2 Å². The Kier molecular flexibility index (Phi) is 6.64. The molecule has 0 spiro atoms. The lowest BCUT2D eigenvalue weighted by Crippen LogP contribution is -2.31. The molecule has 1 atom stereocenters. The number of thioether (sulfide) groups is 1. The predicted molar refractivity (Wildman–Crippen MR) is 112 cm³/mol. The van der Waals surface area contributed by atoms with E-state index in [0.717, 1.165) is 26.4 Å². The van der Waals surface area contributed by atoms with Crippen LogP contribution in [0.3, 0.4) is 0 Å². The van der Waals surface area contributed by atoms with E-state index in [-0.39, 0.29) is 24.3 Å². The van der Waals surface area contributed by atoms with Crippen molar-refractivity contribution in [2.45, 2.75) is 31.8 Å². The normalized spacial score (nSPS) is 12.0. The molecule has 0 unspecified atom stereocenters. The third-order valence-corrected chi connectivity index (χ3v) is 6.38. The molecule has 0 bridgehead atoms. The number of fused-ring (bicyclic) bond motifs is 1. The van der Waals surface area contributed by atoms with Gasteiger partial charge in [0, 0.05) is 10.3 Å². The van der Waals surface area contributed by atoms with Crippen LogP contribution in [0.15, 0.2) is 41.7 Å². The van der Waals surface area contributed by atoms with Crippen molar-refractivity contribution in [3.05, 3.63) is 52.7 Å². The number of ether oxygens (including phenoxy) is 1. The number of amides is 1. The van der Waals surface area contributed by atoms with Crippen molar-refractivity contribution in [3.63, 3.8) is 0 Å². The molecule has 1 N–H and O–H groups in total. The third-order valence-electron chi connectivity index (χ3n) is 4.30. The van der Waals surface area contributed by atoms with Gasteiger partial charge in [0.1, 0.15) is 16.2 Å². The zero-order chi connectivity index (χ0) is 20.1. The number of nitrogens with one attached hydrogen (secondary N) is 1. The zero-order valence-electron chi connectivity index (χ0n) is 15.9. The molecule has 0 aliphatic heterocycles. The first-order valence-electron chi connectivity index (χ1n) is 8.79. The average molecular weight is 416 g/mol. The maximum Gasteiger partial charge on any atom is 0.316 e. The Morgan fingerprint density at radius 1 is 1.21 bits per heavy atom. The first-order chi connectivity index (χ1) is 13.5. The molecule has 3 aromatic rings. The summed E-state index contributed by atoms with van der Waals surface area (Å²) in [4.78, 5) is 34.7. The van der Waals surface area contributed by atoms with Crippen molar-refractivity contribution in [1.29, 1.82) is 0 Å². The van der Waals surface area contributed by atoms with Crippen LogP contribution in [-0.4, -0.2) is 34.2 Å². The number of thiophene rings is 1. The summed E-state index contributed by atoms with van der Waals surface area (Å²) in [6.07, 6.45) is 1.50. The fourth-order valence-corrected chi connectivity index (χ4v) is 4.60. The number of benzene rings is 1. The smallest absolute Gasteiger partial charge is 0.316 e. The highest BCUT2D eigenvalue weighted by molar-refractivity contribution is 8.00. The SMILES string of the molecule is Cc1sc2ncnc(SCC(=O)OCC(=O)N[C@H](C)c3ccccc3)c2c1C. The van der Waals surface area contributed by atoms with Crippen molar-refractivity contribution in [2.24, 2.45) is 0 Å². The standard InChI is InChI=1S/C20H21N3O3S2/c1-12-14(3)28-20-18(12)19(21-11-22-20)27-10-17(25)26-9-16(24)23-13(2)15-7-5-4-6-8-15/h4-8,11,13H,9-10H2,1-3H3,(H,23,24)/t13-/m1/s1. The zero-order valence-corrected chi connectivity index (χ0v) is 17.5. The number of carbonyl (C=O) groups excluding carboxylic acids is 2. The van der Waals surface area contributed by atoms with Crippen LogP contribution in [0.5, 0.6) is 0 Å². The maximum atomic E-state index is 12.0. The summed E-state index contributed by atoms with van der Waals surface area (Å²) in [5, 5.41) is 4.56. The van der Waals surface area contributed by atoms with Gasteiger partial charge in [-0.1, -0.05) is 42.1 Å². The highest BCUT2D eigenvalue weighted by Crippen LogP contribution is 2.34. The van der Waals surface area contributed by atoms with Gasteiger partial charge in [-0.15, -0.1) is 11.3 Å². The molecule has 0 saturated heterocycles. The molecule has 2 aromatic heterocycles. The van der Waals surface area contributed by atoms with Gasteiger partial charge in [0.15, 0.2) is 6.61 Å². The largest absolute Gasteiger partial charge is 0.455 e. The van der Waals surface area contributed by atoms with Crippen LogP contribution >= 0.6 is 23.1 Å². The Morgan fingerprint density at radius 3 is 2.71 bits per heavy atom. The minimum atomic E-state index is -0.455. The monoisotopic (exact) mass is 415 g/mol. The van der Waals surface area contributed by atoms with E-state index in [0.29, 0.717) is 0 Å². The highest BCUT2D eigenvalue weighted by atomic mass is 32.2. The van der Waals surface area contributed by atoms with Gasteiger partial charge in [0.05, 0.1) is 11.8 Å². The fourth-order valence-electron chi connectivity index (χ4n) is 2.68. The number of carbonyl (C=O) groups is 2. The first kappa shape index (κ1) is 20.3. The number of esters is 1. The first-order valence-corrected chi connectivity index (χ1v) is 10.6. The fraction of sp³-hybridized carbons (Fsp3) is 0.300. The highest BCUT2D eigenvalue weighted by Gasteiger charge is 2.15. The van der Waals surface area contributed by atoms with Crippen LogP contribution < -0.4 is 5.32 Å². The molecule has 0 saturated carbocycles. The minimum Gasteiger partial charge on any atom is -0.455 e. The van der Waals surface area contributed by atoms with Crippen molar-refractivity contribution in [2.75, 3.05) is 12.4 Å². The Labute approximate surface area is 171 Å². The maximum absolute atomic E-state index is 12.0. The molecule has 0 aliphatic carbocycles. The lowest BCUT2D eigenvalue weighted by molar-refractivity contribution is -0.146. The van der Waals surface area contributed by atoms with E-state index >= 15 is 0 Å². The quantitative estimate of drug-likeness (QED) is 0.359. The summed E-state index contributed by atoms with van der Waals surface area (Å²) in [6.45, 7) is 5.65. The van der Waals surface area contributed by atoms with Gasteiger partial charge in [-0.05, 0) is 31.9 Å². The van der Waals surface area contributed by atoms with Crippen LogP contribution in [0.2, 0.25) is 0 Å². The molecule has 2 heterocycles. The summed E-state index contributed by atoms with van der Waals surface area (Å²) in [5.41, 5.74) is 2.12. The molecular weight excluding hydrogens is 394 g/mol. The average Bonchev–Trinajstić information content (AvgIpc) is 2.99. The van der Waals surface area contributed by atoms with Crippen LogP contribution in [0.1, 0.15) is 29.0 Å². The van der Waals surface area contributed by atoms with Gasteiger partial charge < -0.3 is 10.1 Å². The van der Waals surface area contributed by atoms with E-state index in [1.165, 1.54) is 23.0 Å². The lowest BCUT2D eigenvalue weighted by atomic mass is 10.1. The van der Waals surface area contributed by atoms with Crippen LogP contribution in [0.25, 0.3) is 10.2 Å². The van der Waals surface area contributed by atoms with Crippen molar-refractivity contribution < 1.29 is 14.3 Å². The summed E-state index contributed by atoms with van der Waals surface area (Å²) in [6, 6.07) is 9.46. The number of aromatic nitrogens is 2. The van der Waals surface area contributed by atoms with E-state index in [9.17, 15) is 9.59 Å². The molecule has 6 nitrogen and oxygen atoms in total. The second-order valence-corrected chi connectivity index (χ2v) is 8.46. The minimum absolute atomic E-state index is 0.0853. The molecule has 8 heteroatoms. The van der Waals surface area contributed by atoms with E-state index < -0.39 is 5.97 Å². The van der Waals surface area contributed by atoms with E-state index in [1.807, 2.05) is 51.1 Å². The van der Waals surface area contributed by atoms with Crippen molar-refractivity contribution in [3.8, 4) is 0 Å². The third kappa shape index (κ3) is 4.88. The molecule has 0 radical (unpaired) electrons. The Balaban J connectivity index is 1.49. The molecule has 3 rings (SSSR count).